The lowest BCUT2D eigenvalue weighted by Crippen LogP contribution is -2.56. The third-order valence-corrected chi connectivity index (χ3v) is 9.66. The summed E-state index contributed by atoms with van der Waals surface area (Å²) in [4.78, 5) is 48.1. The molecule has 1 rings (SSSR count). The maximum atomic E-state index is 12.4. The van der Waals surface area contributed by atoms with Gasteiger partial charge in [-0.05, 0) is 30.7 Å². The predicted octanol–water partition coefficient (Wildman–Crippen LogP) is 3.35. The SMILES string of the molecule is CC[C@H]1O[C@H](CC[S+](C)CC[C@H](CC(=O)CCCOCCOC)C(C)=O)[C@H](C)[C@@H](OC(C)=O)[C@H]1OC(C)=O.O=S(=O)([O-])C(F)(F)F. The zero-order valence-electron chi connectivity index (χ0n) is 27.6. The van der Waals surface area contributed by atoms with Gasteiger partial charge in [0, 0.05) is 65.1 Å². The number of halogens is 3. The van der Waals surface area contributed by atoms with Crippen LogP contribution in [0.2, 0.25) is 0 Å². The summed E-state index contributed by atoms with van der Waals surface area (Å²) in [7, 11) is -4.44. The van der Waals surface area contributed by atoms with Gasteiger partial charge in [-0.15, -0.1) is 0 Å². The molecular weight excluding hydrogens is 661 g/mol. The van der Waals surface area contributed by atoms with E-state index in [2.05, 4.69) is 6.26 Å². The van der Waals surface area contributed by atoms with Crippen molar-refractivity contribution >= 4 is 44.5 Å². The Balaban J connectivity index is 0.00000222. The van der Waals surface area contributed by atoms with Crippen molar-refractivity contribution in [1.82, 2.24) is 0 Å². The third-order valence-electron chi connectivity index (χ3n) is 7.23. The van der Waals surface area contributed by atoms with Crippen molar-refractivity contribution in [1.29, 1.82) is 0 Å². The molecule has 1 fully saturated rings. The number of carbonyl (C=O) groups is 4. The van der Waals surface area contributed by atoms with Gasteiger partial charge in [0.1, 0.15) is 29.2 Å². The monoisotopic (exact) mass is 710 g/mol. The van der Waals surface area contributed by atoms with Gasteiger partial charge < -0.3 is 28.2 Å². The Morgan fingerprint density at radius 1 is 0.957 bits per heavy atom. The van der Waals surface area contributed by atoms with Crippen molar-refractivity contribution in [2.45, 2.75) is 103 Å². The first kappa shape index (κ1) is 44.2. The van der Waals surface area contributed by atoms with Crippen molar-refractivity contribution in [3.05, 3.63) is 0 Å². The minimum absolute atomic E-state index is 0.0297. The fraction of sp³-hybridized carbons (Fsp3) is 0.862. The number of ether oxygens (including phenoxy) is 5. The van der Waals surface area contributed by atoms with Gasteiger partial charge in [-0.25, -0.2) is 8.42 Å². The largest absolute Gasteiger partial charge is 0.741 e. The maximum Gasteiger partial charge on any atom is 0.485 e. The second-order valence-corrected chi connectivity index (χ2v) is 14.8. The summed E-state index contributed by atoms with van der Waals surface area (Å²) in [5.41, 5.74) is -5.65. The number of Topliss-reactive ketones (excluding diaryl/α,β-unsaturated/α-hetero) is 2. The summed E-state index contributed by atoms with van der Waals surface area (Å²) in [6, 6.07) is 0. The summed E-state index contributed by atoms with van der Waals surface area (Å²) in [5, 5.41) is 0. The van der Waals surface area contributed by atoms with Gasteiger partial charge in [-0.3, -0.25) is 19.2 Å². The van der Waals surface area contributed by atoms with Crippen molar-refractivity contribution in [2.24, 2.45) is 11.8 Å². The highest BCUT2D eigenvalue weighted by molar-refractivity contribution is 7.96. The third kappa shape index (κ3) is 17.9. The number of methoxy groups -OCH3 is 1. The van der Waals surface area contributed by atoms with Crippen LogP contribution in [0.25, 0.3) is 0 Å². The first-order chi connectivity index (χ1) is 21.2. The average Bonchev–Trinajstić information content (AvgIpc) is 2.93. The van der Waals surface area contributed by atoms with Gasteiger partial charge >= 0.3 is 17.4 Å². The smallest absolute Gasteiger partial charge is 0.485 e. The van der Waals surface area contributed by atoms with Gasteiger partial charge in [0.2, 0.25) is 0 Å². The van der Waals surface area contributed by atoms with E-state index in [-0.39, 0.29) is 52.9 Å². The number of rotatable bonds is 19. The van der Waals surface area contributed by atoms with Crippen LogP contribution in [0.15, 0.2) is 0 Å². The van der Waals surface area contributed by atoms with Gasteiger partial charge in [-0.2, -0.15) is 13.2 Å². The number of alkyl halides is 3. The van der Waals surface area contributed by atoms with Crippen LogP contribution in [-0.4, -0.2) is 111 Å². The average molecular weight is 711 g/mol. The van der Waals surface area contributed by atoms with Crippen LogP contribution in [-0.2, 0) is 63.9 Å². The number of hydrogen-bond acceptors (Lipinski definition) is 12. The minimum atomic E-state index is -6.09. The van der Waals surface area contributed by atoms with Crippen LogP contribution in [0.1, 0.15) is 73.1 Å². The highest BCUT2D eigenvalue weighted by Crippen LogP contribution is 2.33. The van der Waals surface area contributed by atoms with E-state index in [0.29, 0.717) is 45.5 Å². The van der Waals surface area contributed by atoms with Crippen LogP contribution in [0.5, 0.6) is 0 Å². The molecule has 0 bridgehead atoms. The van der Waals surface area contributed by atoms with Gasteiger partial charge in [0.25, 0.3) is 0 Å². The van der Waals surface area contributed by atoms with E-state index in [1.165, 1.54) is 13.8 Å². The van der Waals surface area contributed by atoms with E-state index in [1.807, 2.05) is 13.8 Å². The summed E-state index contributed by atoms with van der Waals surface area (Å²) in [5.74, 6) is 0.695. The molecule has 0 N–H and O–H groups in total. The van der Waals surface area contributed by atoms with Crippen LogP contribution in [0, 0.1) is 11.8 Å². The first-order valence-corrected chi connectivity index (χ1v) is 18.3. The molecule has 0 spiro atoms. The molecule has 0 aromatic carbocycles. The minimum Gasteiger partial charge on any atom is -0.741 e. The van der Waals surface area contributed by atoms with Crippen molar-refractivity contribution < 1.29 is 69.0 Å². The van der Waals surface area contributed by atoms with Crippen LogP contribution >= 0.6 is 0 Å². The second kappa shape index (κ2) is 22.0. The Morgan fingerprint density at radius 2 is 1.52 bits per heavy atom. The highest BCUT2D eigenvalue weighted by atomic mass is 32.2. The lowest BCUT2D eigenvalue weighted by Gasteiger charge is -2.44. The van der Waals surface area contributed by atoms with E-state index < -0.39 is 39.8 Å². The summed E-state index contributed by atoms with van der Waals surface area (Å²) in [6.45, 7) is 9.76. The van der Waals surface area contributed by atoms with Crippen LogP contribution in [0.3, 0.4) is 0 Å². The highest BCUT2D eigenvalue weighted by Gasteiger charge is 2.47. The summed E-state index contributed by atoms with van der Waals surface area (Å²) < 4.78 is 86.7. The molecule has 1 aliphatic heterocycles. The zero-order chi connectivity index (χ0) is 35.7. The summed E-state index contributed by atoms with van der Waals surface area (Å²) >= 11 is 0. The van der Waals surface area contributed by atoms with E-state index in [9.17, 15) is 32.3 Å². The van der Waals surface area contributed by atoms with E-state index in [1.54, 1.807) is 14.0 Å². The number of carbonyl (C=O) groups excluding carboxylic acids is 4. The topological polar surface area (TPSA) is 172 Å². The number of esters is 2. The molecule has 46 heavy (non-hydrogen) atoms. The van der Waals surface area contributed by atoms with Crippen LogP contribution in [0.4, 0.5) is 13.2 Å². The molecular formula is C29H49F3O12S2. The molecule has 0 aliphatic carbocycles. The Labute approximate surface area is 272 Å². The van der Waals surface area contributed by atoms with Crippen molar-refractivity contribution in [3.63, 3.8) is 0 Å². The molecule has 1 heterocycles. The van der Waals surface area contributed by atoms with Gasteiger partial charge in [0.05, 0.1) is 31.7 Å². The summed E-state index contributed by atoms with van der Waals surface area (Å²) in [6.07, 6.45) is 3.95. The number of ketones is 2. The fourth-order valence-corrected chi connectivity index (χ4v) is 6.24. The quantitative estimate of drug-likeness (QED) is 0.0631. The van der Waals surface area contributed by atoms with Crippen molar-refractivity contribution in [3.8, 4) is 0 Å². The van der Waals surface area contributed by atoms with E-state index in [0.717, 1.165) is 17.9 Å². The van der Waals surface area contributed by atoms with Crippen molar-refractivity contribution in [2.75, 3.05) is 44.7 Å². The maximum absolute atomic E-state index is 12.4. The molecule has 0 aromatic rings. The zero-order valence-corrected chi connectivity index (χ0v) is 29.2. The van der Waals surface area contributed by atoms with E-state index in [4.69, 9.17) is 36.7 Å². The molecule has 0 radical (unpaired) electrons. The Kier molecular flexibility index (Phi) is 21.1. The molecule has 0 amide bonds. The van der Waals surface area contributed by atoms with E-state index >= 15 is 0 Å². The van der Waals surface area contributed by atoms with Gasteiger partial charge in [-0.1, -0.05) is 13.8 Å². The second-order valence-electron chi connectivity index (χ2n) is 11.1. The first-order valence-electron chi connectivity index (χ1n) is 14.9. The van der Waals surface area contributed by atoms with Gasteiger partial charge in [0.15, 0.2) is 16.2 Å². The number of hydrogen-bond donors (Lipinski definition) is 0. The molecule has 1 unspecified atom stereocenters. The lowest BCUT2D eigenvalue weighted by atomic mass is 9.85. The molecule has 17 heteroatoms. The predicted molar refractivity (Wildman–Crippen MR) is 163 cm³/mol. The normalized spacial score (nSPS) is 23.0. The molecule has 270 valence electrons. The lowest BCUT2D eigenvalue weighted by molar-refractivity contribution is -0.223. The molecule has 7 atom stereocenters. The Hall–Kier alpha value is -1.79. The molecule has 1 aliphatic rings. The van der Waals surface area contributed by atoms with Crippen LogP contribution < -0.4 is 0 Å². The molecule has 12 nitrogen and oxygen atoms in total. The molecule has 1 saturated heterocycles. The molecule has 0 saturated carbocycles. The Morgan fingerprint density at radius 3 is 2.00 bits per heavy atom. The Bertz CT molecular complexity index is 1050. The standard InChI is InChI=1S/C28H49O9S.CHF3O3S/c1-8-25-28(36-22(5)31)27(35-21(4)30)19(2)26(37-25)12-17-38(7)16-11-23(20(3)29)18-24(32)10-9-13-34-15-14-33-6;2-1(3,4)8(5,6)7/h19,23,25-28H,8-18H2,1-7H3;(H,5,6,7)/q+1;/p-1/t19-,23+,25+,26+,27+,28-,38?;/m0./s1. The molecule has 0 aromatic heterocycles. The fourth-order valence-electron chi connectivity index (χ4n) is 4.71.